The average Bonchev–Trinajstić information content (AvgIpc) is 3.53. The Labute approximate surface area is 192 Å². The Kier molecular flexibility index (Phi) is 4.55. The first-order valence-electron chi connectivity index (χ1n) is 10.7. The van der Waals surface area contributed by atoms with Gasteiger partial charge in [-0.2, -0.15) is 5.26 Å². The zero-order valence-corrected chi connectivity index (χ0v) is 18.5. The fourth-order valence-electron chi connectivity index (χ4n) is 4.44. The van der Waals surface area contributed by atoms with Crippen LogP contribution in [0.4, 0.5) is 5.00 Å². The Balaban J connectivity index is 1.44. The highest BCUT2D eigenvalue weighted by Crippen LogP contribution is 2.40. The highest BCUT2D eigenvalue weighted by atomic mass is 32.1. The van der Waals surface area contributed by atoms with Gasteiger partial charge in [0, 0.05) is 16.1 Å². The predicted molar refractivity (Wildman–Crippen MR) is 122 cm³/mol. The number of carbonyl (C=O) groups is 1. The Morgan fingerprint density at radius 2 is 2.03 bits per heavy atom. The number of anilines is 1. The van der Waals surface area contributed by atoms with Gasteiger partial charge in [-0.3, -0.25) is 4.79 Å². The molecule has 1 aromatic carbocycles. The summed E-state index contributed by atoms with van der Waals surface area (Å²) < 4.78 is 16.4. The average molecular weight is 458 g/mol. The molecule has 0 unspecified atom stereocenters. The van der Waals surface area contributed by atoms with E-state index < -0.39 is 0 Å². The third kappa shape index (κ3) is 3.22. The van der Waals surface area contributed by atoms with Crippen molar-refractivity contribution >= 4 is 33.3 Å². The number of pyridine rings is 1. The lowest BCUT2D eigenvalue weighted by atomic mass is 9.96. The molecule has 1 N–H and O–H groups in total. The van der Waals surface area contributed by atoms with Crippen molar-refractivity contribution in [1.82, 2.24) is 10.1 Å². The van der Waals surface area contributed by atoms with Gasteiger partial charge in [0.2, 0.25) is 6.79 Å². The van der Waals surface area contributed by atoms with Gasteiger partial charge in [-0.15, -0.1) is 11.3 Å². The molecule has 1 aliphatic heterocycles. The van der Waals surface area contributed by atoms with Crippen LogP contribution in [0, 0.1) is 18.3 Å². The number of nitrogens with one attached hydrogen (secondary N) is 1. The van der Waals surface area contributed by atoms with Gasteiger partial charge in [0.15, 0.2) is 11.5 Å². The van der Waals surface area contributed by atoms with Crippen LogP contribution in [0.15, 0.2) is 28.8 Å². The number of nitrogens with zero attached hydrogens (tertiary/aromatic N) is 3. The standard InChI is InChI=1S/C24H18N4O4S/c1-12-8-15(22(29)27-24-16(10-25)14-4-2-3-5-19(14)33-24)20-21(28-32-23(20)26-12)13-6-7-17-18(9-13)31-11-30-17/h6-9H,2-5,11H2,1H3,(H,27,29). The maximum atomic E-state index is 13.5. The lowest BCUT2D eigenvalue weighted by Crippen LogP contribution is -2.13. The third-order valence-corrected chi connectivity index (χ3v) is 7.18. The van der Waals surface area contributed by atoms with E-state index in [1.165, 1.54) is 16.2 Å². The number of fused-ring (bicyclic) bond motifs is 3. The number of aryl methyl sites for hydroxylation is 2. The van der Waals surface area contributed by atoms with Crippen molar-refractivity contribution in [1.29, 1.82) is 5.26 Å². The number of rotatable bonds is 3. The number of benzene rings is 1. The summed E-state index contributed by atoms with van der Waals surface area (Å²) in [6, 6.07) is 9.45. The molecule has 0 spiro atoms. The zero-order valence-electron chi connectivity index (χ0n) is 17.7. The Bertz CT molecular complexity index is 1480. The lowest BCUT2D eigenvalue weighted by Gasteiger charge is -2.09. The van der Waals surface area contributed by atoms with Crippen LogP contribution in [0.2, 0.25) is 0 Å². The van der Waals surface area contributed by atoms with Gasteiger partial charge in [0.05, 0.1) is 16.5 Å². The van der Waals surface area contributed by atoms with E-state index in [1.807, 2.05) is 12.1 Å². The van der Waals surface area contributed by atoms with Crippen LogP contribution in [-0.2, 0) is 12.8 Å². The van der Waals surface area contributed by atoms with Crippen LogP contribution in [0.25, 0.3) is 22.4 Å². The Morgan fingerprint density at radius 1 is 1.18 bits per heavy atom. The van der Waals surface area contributed by atoms with Crippen LogP contribution in [-0.4, -0.2) is 22.8 Å². The van der Waals surface area contributed by atoms with Gasteiger partial charge in [0.1, 0.15) is 16.8 Å². The SMILES string of the molecule is Cc1cc(C(=O)Nc2sc3c(c2C#N)CCCC3)c2c(-c3ccc4c(c3)OCO4)noc2n1. The summed E-state index contributed by atoms with van der Waals surface area (Å²) in [5, 5.41) is 18.0. The maximum absolute atomic E-state index is 13.5. The van der Waals surface area contributed by atoms with Gasteiger partial charge in [0.25, 0.3) is 11.6 Å². The monoisotopic (exact) mass is 458 g/mol. The van der Waals surface area contributed by atoms with Gasteiger partial charge in [-0.05, 0) is 62.4 Å². The molecule has 0 saturated carbocycles. The molecule has 1 amide bonds. The first-order chi connectivity index (χ1) is 16.1. The lowest BCUT2D eigenvalue weighted by molar-refractivity contribution is 0.102. The molecule has 2 aliphatic rings. The number of hydrogen-bond donors (Lipinski definition) is 1. The largest absolute Gasteiger partial charge is 0.454 e. The minimum atomic E-state index is -0.328. The van der Waals surface area contributed by atoms with Crippen molar-refractivity contribution in [3.8, 4) is 28.8 Å². The summed E-state index contributed by atoms with van der Waals surface area (Å²) >= 11 is 1.50. The predicted octanol–water partition coefficient (Wildman–Crippen LogP) is 4.99. The maximum Gasteiger partial charge on any atom is 0.259 e. The summed E-state index contributed by atoms with van der Waals surface area (Å²) in [5.74, 6) is 0.938. The van der Waals surface area contributed by atoms with E-state index in [0.29, 0.717) is 44.4 Å². The molecule has 3 aromatic heterocycles. The fraction of sp³-hybridized carbons (Fsp3) is 0.250. The number of aromatic nitrogens is 2. The van der Waals surface area contributed by atoms with Gasteiger partial charge in [-0.25, -0.2) is 4.98 Å². The summed E-state index contributed by atoms with van der Waals surface area (Å²) in [4.78, 5) is 19.1. The van der Waals surface area contributed by atoms with E-state index in [9.17, 15) is 10.1 Å². The van der Waals surface area contributed by atoms with E-state index in [0.717, 1.165) is 36.8 Å². The van der Waals surface area contributed by atoms with E-state index in [-0.39, 0.29) is 18.4 Å². The van der Waals surface area contributed by atoms with Crippen molar-refractivity contribution in [2.24, 2.45) is 0 Å². The van der Waals surface area contributed by atoms with Crippen molar-refractivity contribution in [2.75, 3.05) is 12.1 Å². The number of hydrogen-bond acceptors (Lipinski definition) is 8. The van der Waals surface area contributed by atoms with E-state index in [1.54, 1.807) is 19.1 Å². The van der Waals surface area contributed by atoms with Crippen molar-refractivity contribution in [2.45, 2.75) is 32.6 Å². The van der Waals surface area contributed by atoms with Crippen molar-refractivity contribution < 1.29 is 18.8 Å². The highest BCUT2D eigenvalue weighted by Gasteiger charge is 2.26. The van der Waals surface area contributed by atoms with E-state index in [4.69, 9.17) is 14.0 Å². The molecule has 4 aromatic rings. The molecule has 0 fully saturated rings. The van der Waals surface area contributed by atoms with Gasteiger partial charge >= 0.3 is 0 Å². The van der Waals surface area contributed by atoms with Gasteiger partial charge in [-0.1, -0.05) is 5.16 Å². The molecule has 9 heteroatoms. The van der Waals surface area contributed by atoms with Crippen LogP contribution >= 0.6 is 11.3 Å². The minimum absolute atomic E-state index is 0.165. The second-order valence-electron chi connectivity index (χ2n) is 8.07. The Hall–Kier alpha value is -3.90. The normalized spacial score (nSPS) is 14.2. The van der Waals surface area contributed by atoms with Crippen molar-refractivity contribution in [3.05, 3.63) is 51.5 Å². The number of nitriles is 1. The third-order valence-electron chi connectivity index (χ3n) is 5.98. The number of ether oxygens (including phenoxy) is 2. The number of amides is 1. The summed E-state index contributed by atoms with van der Waals surface area (Å²) in [7, 11) is 0. The molecular formula is C24H18N4O4S. The summed E-state index contributed by atoms with van der Waals surface area (Å²) in [5.41, 5.74) is 4.17. The summed E-state index contributed by atoms with van der Waals surface area (Å²) in [6.07, 6.45) is 4.00. The Morgan fingerprint density at radius 3 is 2.91 bits per heavy atom. The molecule has 6 rings (SSSR count). The molecule has 0 radical (unpaired) electrons. The second-order valence-corrected chi connectivity index (χ2v) is 9.18. The number of thiophene rings is 1. The topological polar surface area (TPSA) is 110 Å². The molecule has 8 nitrogen and oxygen atoms in total. The molecule has 1 aliphatic carbocycles. The summed E-state index contributed by atoms with van der Waals surface area (Å²) in [6.45, 7) is 1.96. The zero-order chi connectivity index (χ0) is 22.5. The minimum Gasteiger partial charge on any atom is -0.454 e. The fourth-order valence-corrected chi connectivity index (χ4v) is 5.67. The van der Waals surface area contributed by atoms with Crippen molar-refractivity contribution in [3.63, 3.8) is 0 Å². The highest BCUT2D eigenvalue weighted by molar-refractivity contribution is 7.16. The van der Waals surface area contributed by atoms with Crippen LogP contribution in [0.5, 0.6) is 11.5 Å². The molecule has 4 heterocycles. The van der Waals surface area contributed by atoms with Crippen LogP contribution in [0.1, 0.15) is 44.9 Å². The van der Waals surface area contributed by atoms with Crippen LogP contribution in [0.3, 0.4) is 0 Å². The smallest absolute Gasteiger partial charge is 0.259 e. The first-order valence-corrected chi connectivity index (χ1v) is 11.5. The molecule has 0 saturated heterocycles. The molecule has 0 atom stereocenters. The first kappa shape index (κ1) is 19.8. The second kappa shape index (κ2) is 7.60. The van der Waals surface area contributed by atoms with E-state index in [2.05, 4.69) is 21.5 Å². The number of carbonyl (C=O) groups excluding carboxylic acids is 1. The molecular weight excluding hydrogens is 440 g/mol. The molecule has 33 heavy (non-hydrogen) atoms. The quantitative estimate of drug-likeness (QED) is 0.460. The van der Waals surface area contributed by atoms with E-state index >= 15 is 0 Å². The van der Waals surface area contributed by atoms with Crippen LogP contribution < -0.4 is 14.8 Å². The van der Waals surface area contributed by atoms with Gasteiger partial charge < -0.3 is 19.3 Å². The molecule has 0 bridgehead atoms. The molecule has 164 valence electrons.